The molecular formula is C14H15ClN2O2. The smallest absolute Gasteiger partial charge is 0.246 e. The Morgan fingerprint density at radius 1 is 1.32 bits per heavy atom. The number of amides is 2. The zero-order chi connectivity index (χ0) is 13.8. The first-order chi connectivity index (χ1) is 8.93. The number of nitrogens with one attached hydrogen (secondary N) is 1. The van der Waals surface area contributed by atoms with Crippen LogP contribution in [0.5, 0.6) is 0 Å². The van der Waals surface area contributed by atoms with E-state index in [9.17, 15) is 9.59 Å². The van der Waals surface area contributed by atoms with Gasteiger partial charge in [-0.3, -0.25) is 19.8 Å². The number of carbonyl (C=O) groups excluding carboxylic acids is 2. The third-order valence-corrected chi connectivity index (χ3v) is 4.72. The molecule has 5 heteroatoms. The standard InChI is InChI=1S/C14H15ClN2O2/c1-14-7-10(12(18)16-13(14)19)11(17(14)2)8-3-5-9(15)6-4-8/h3-6,10-11H,7H2,1-2H3,(H,16,18,19)/t10-,11-,14-/m1/s1. The van der Waals surface area contributed by atoms with Crippen LogP contribution < -0.4 is 5.32 Å². The van der Waals surface area contributed by atoms with Gasteiger partial charge in [-0.2, -0.15) is 0 Å². The fraction of sp³-hybridized carbons (Fsp3) is 0.429. The molecule has 0 aromatic heterocycles. The van der Waals surface area contributed by atoms with Crippen molar-refractivity contribution in [1.29, 1.82) is 0 Å². The third kappa shape index (κ3) is 1.70. The number of halogens is 1. The molecule has 2 amide bonds. The first-order valence-corrected chi connectivity index (χ1v) is 6.65. The zero-order valence-electron chi connectivity index (χ0n) is 10.8. The number of piperidine rings is 1. The van der Waals surface area contributed by atoms with Gasteiger partial charge in [0.15, 0.2) is 0 Å². The monoisotopic (exact) mass is 278 g/mol. The largest absolute Gasteiger partial charge is 0.295 e. The Hall–Kier alpha value is -1.39. The van der Waals surface area contributed by atoms with Crippen molar-refractivity contribution in [2.24, 2.45) is 5.92 Å². The first-order valence-electron chi connectivity index (χ1n) is 6.27. The number of carbonyl (C=O) groups is 2. The molecule has 3 atom stereocenters. The van der Waals surface area contributed by atoms with Crippen LogP contribution in [0.25, 0.3) is 0 Å². The summed E-state index contributed by atoms with van der Waals surface area (Å²) in [6, 6.07) is 7.40. The van der Waals surface area contributed by atoms with E-state index in [1.807, 2.05) is 43.1 Å². The summed E-state index contributed by atoms with van der Waals surface area (Å²) in [7, 11) is 1.90. The lowest BCUT2D eigenvalue weighted by atomic mass is 9.86. The average molecular weight is 279 g/mol. The third-order valence-electron chi connectivity index (χ3n) is 4.47. The molecule has 2 saturated heterocycles. The Kier molecular flexibility index (Phi) is 2.69. The molecule has 19 heavy (non-hydrogen) atoms. The first kappa shape index (κ1) is 12.6. The molecular weight excluding hydrogens is 264 g/mol. The normalized spacial score (nSPS) is 34.5. The van der Waals surface area contributed by atoms with Gasteiger partial charge in [0.25, 0.3) is 0 Å². The summed E-state index contributed by atoms with van der Waals surface area (Å²) in [4.78, 5) is 26.0. The number of imide groups is 1. The molecule has 4 nitrogen and oxygen atoms in total. The van der Waals surface area contributed by atoms with Gasteiger partial charge in [0.2, 0.25) is 11.8 Å². The van der Waals surface area contributed by atoms with Crippen LogP contribution in [0.2, 0.25) is 5.02 Å². The number of fused-ring (bicyclic) bond motifs is 2. The predicted molar refractivity (Wildman–Crippen MR) is 71.6 cm³/mol. The molecule has 3 rings (SSSR count). The van der Waals surface area contributed by atoms with Gasteiger partial charge in [-0.1, -0.05) is 23.7 Å². The van der Waals surface area contributed by atoms with Gasteiger partial charge >= 0.3 is 0 Å². The summed E-state index contributed by atoms with van der Waals surface area (Å²) in [5, 5.41) is 3.14. The lowest BCUT2D eigenvalue weighted by Crippen LogP contribution is -2.55. The highest BCUT2D eigenvalue weighted by molar-refractivity contribution is 6.30. The van der Waals surface area contributed by atoms with Gasteiger partial charge in [0, 0.05) is 11.1 Å². The van der Waals surface area contributed by atoms with Crippen LogP contribution in [0.4, 0.5) is 0 Å². The van der Waals surface area contributed by atoms with Gasteiger partial charge in [-0.15, -0.1) is 0 Å². The fourth-order valence-electron chi connectivity index (χ4n) is 3.20. The number of benzene rings is 1. The van der Waals surface area contributed by atoms with E-state index in [4.69, 9.17) is 11.6 Å². The average Bonchev–Trinajstić information content (AvgIpc) is 2.61. The minimum Gasteiger partial charge on any atom is -0.295 e. The van der Waals surface area contributed by atoms with Crippen LogP contribution in [0, 0.1) is 5.92 Å². The second-order valence-corrected chi connectivity index (χ2v) is 5.95. The second-order valence-electron chi connectivity index (χ2n) is 5.51. The molecule has 2 aliphatic rings. The number of likely N-dealkylation sites (tertiary alicyclic amines) is 1. The highest BCUT2D eigenvalue weighted by Gasteiger charge is 2.57. The van der Waals surface area contributed by atoms with Crippen molar-refractivity contribution in [1.82, 2.24) is 10.2 Å². The van der Waals surface area contributed by atoms with Gasteiger partial charge in [0.05, 0.1) is 11.5 Å². The number of nitrogens with zero attached hydrogens (tertiary/aromatic N) is 1. The topological polar surface area (TPSA) is 49.4 Å². The number of likely N-dealkylation sites (N-methyl/N-ethyl adjacent to an activating group) is 1. The second kappa shape index (κ2) is 4.05. The molecule has 0 unspecified atom stereocenters. The van der Waals surface area contributed by atoms with Crippen LogP contribution in [0.15, 0.2) is 24.3 Å². The molecule has 2 aliphatic heterocycles. The highest BCUT2D eigenvalue weighted by atomic mass is 35.5. The van der Waals surface area contributed by atoms with Gasteiger partial charge < -0.3 is 0 Å². The van der Waals surface area contributed by atoms with Crippen molar-refractivity contribution >= 4 is 23.4 Å². The summed E-state index contributed by atoms with van der Waals surface area (Å²) >= 11 is 5.90. The molecule has 2 fully saturated rings. The molecule has 1 N–H and O–H groups in total. The number of hydrogen-bond donors (Lipinski definition) is 1. The highest BCUT2D eigenvalue weighted by Crippen LogP contribution is 2.47. The molecule has 1 aromatic rings. The number of hydrogen-bond acceptors (Lipinski definition) is 3. The van der Waals surface area contributed by atoms with Crippen molar-refractivity contribution in [2.45, 2.75) is 24.9 Å². The maximum atomic E-state index is 12.0. The molecule has 1 aromatic carbocycles. The Morgan fingerprint density at radius 3 is 2.58 bits per heavy atom. The quantitative estimate of drug-likeness (QED) is 0.796. The Bertz CT molecular complexity index is 557. The van der Waals surface area contributed by atoms with Crippen molar-refractivity contribution in [2.75, 3.05) is 7.05 Å². The maximum absolute atomic E-state index is 12.0. The van der Waals surface area contributed by atoms with Crippen LogP contribution in [0.1, 0.15) is 24.9 Å². The number of rotatable bonds is 1. The molecule has 100 valence electrons. The van der Waals surface area contributed by atoms with E-state index < -0.39 is 5.54 Å². The van der Waals surface area contributed by atoms with Crippen molar-refractivity contribution < 1.29 is 9.59 Å². The van der Waals surface area contributed by atoms with Crippen LogP contribution in [-0.2, 0) is 9.59 Å². The maximum Gasteiger partial charge on any atom is 0.246 e. The van der Waals surface area contributed by atoms with Crippen LogP contribution in [-0.4, -0.2) is 29.3 Å². The summed E-state index contributed by atoms with van der Waals surface area (Å²) in [6.45, 7) is 1.89. The van der Waals surface area contributed by atoms with Crippen LogP contribution in [0.3, 0.4) is 0 Å². The van der Waals surface area contributed by atoms with E-state index in [1.165, 1.54) is 0 Å². The molecule has 0 radical (unpaired) electrons. The van der Waals surface area contributed by atoms with E-state index in [1.54, 1.807) is 0 Å². The fourth-order valence-corrected chi connectivity index (χ4v) is 3.33. The van der Waals surface area contributed by atoms with Gasteiger partial charge in [-0.25, -0.2) is 0 Å². The van der Waals surface area contributed by atoms with E-state index in [-0.39, 0.29) is 23.8 Å². The summed E-state index contributed by atoms with van der Waals surface area (Å²) < 4.78 is 0. The molecule has 0 spiro atoms. The molecule has 2 bridgehead atoms. The summed E-state index contributed by atoms with van der Waals surface area (Å²) in [6.07, 6.45) is 0.571. The van der Waals surface area contributed by atoms with Crippen LogP contribution >= 0.6 is 11.6 Å². The minimum atomic E-state index is -0.608. The van der Waals surface area contributed by atoms with Crippen molar-refractivity contribution in [3.05, 3.63) is 34.9 Å². The lowest BCUT2D eigenvalue weighted by Gasteiger charge is -2.32. The lowest BCUT2D eigenvalue weighted by molar-refractivity contribution is -0.139. The summed E-state index contributed by atoms with van der Waals surface area (Å²) in [5.41, 5.74) is 0.411. The van der Waals surface area contributed by atoms with Gasteiger partial charge in [0.1, 0.15) is 0 Å². The molecule has 2 heterocycles. The van der Waals surface area contributed by atoms with Crippen molar-refractivity contribution in [3.8, 4) is 0 Å². The van der Waals surface area contributed by atoms with Crippen molar-refractivity contribution in [3.63, 3.8) is 0 Å². The van der Waals surface area contributed by atoms with E-state index in [0.717, 1.165) is 5.56 Å². The summed E-state index contributed by atoms with van der Waals surface area (Å²) in [5.74, 6) is -0.562. The Balaban J connectivity index is 2.05. The minimum absolute atomic E-state index is 0.0753. The zero-order valence-corrected chi connectivity index (χ0v) is 11.6. The predicted octanol–water partition coefficient (Wildman–Crippen LogP) is 1.75. The van der Waals surface area contributed by atoms with E-state index in [0.29, 0.717) is 11.4 Å². The van der Waals surface area contributed by atoms with E-state index in [2.05, 4.69) is 5.32 Å². The Morgan fingerprint density at radius 2 is 1.95 bits per heavy atom. The van der Waals surface area contributed by atoms with Gasteiger partial charge in [-0.05, 0) is 38.1 Å². The molecule has 0 aliphatic carbocycles. The van der Waals surface area contributed by atoms with E-state index >= 15 is 0 Å². The molecule has 0 saturated carbocycles. The SMILES string of the molecule is CN1[C@H](c2ccc(Cl)cc2)[C@H]2C[C@]1(C)C(=O)NC2=O. The Labute approximate surface area is 116 Å².